The highest BCUT2D eigenvalue weighted by atomic mass is 35.5. The summed E-state index contributed by atoms with van der Waals surface area (Å²) in [5, 5.41) is 0. The third-order valence-electron chi connectivity index (χ3n) is 4.99. The van der Waals surface area contributed by atoms with Crippen molar-refractivity contribution in [3.63, 3.8) is 0 Å². The van der Waals surface area contributed by atoms with Gasteiger partial charge >= 0.3 is 0 Å². The molecular weight excluding hydrogens is 387 g/mol. The average molecular weight is 428 g/mol. The van der Waals surface area contributed by atoms with Crippen molar-refractivity contribution in [2.24, 2.45) is 0 Å². The predicted molar refractivity (Wildman–Crippen MR) is 114 cm³/mol. The van der Waals surface area contributed by atoms with E-state index in [2.05, 4.69) is 103 Å². The quantitative estimate of drug-likeness (QED) is 0.669. The second-order valence-electron chi connectivity index (χ2n) is 8.45. The molecule has 0 atom stereocenters. The van der Waals surface area contributed by atoms with Crippen LogP contribution in [0.5, 0.6) is 0 Å². The fourth-order valence-electron chi connectivity index (χ4n) is 3.41. The normalized spacial score (nSPS) is 10.5. The Morgan fingerprint density at radius 3 is 0.786 bits per heavy atom. The number of quaternary nitrogens is 2. The SMILES string of the molecule is CC(C)c1cccc(C(C)C)c1[NH3+].CC(C)c1cccc(C(C)C)c1[NH3+].[Cl-].[Cl-]. The van der Waals surface area contributed by atoms with E-state index >= 15 is 0 Å². The smallest absolute Gasteiger partial charge is 0.134 e. The summed E-state index contributed by atoms with van der Waals surface area (Å²) < 4.78 is 0. The second-order valence-corrected chi connectivity index (χ2v) is 8.45. The van der Waals surface area contributed by atoms with E-state index in [0.29, 0.717) is 23.7 Å². The summed E-state index contributed by atoms with van der Waals surface area (Å²) >= 11 is 0. The van der Waals surface area contributed by atoms with Gasteiger partial charge in [0.1, 0.15) is 11.4 Å². The van der Waals surface area contributed by atoms with Gasteiger partial charge < -0.3 is 36.3 Å². The third kappa shape index (κ3) is 7.75. The van der Waals surface area contributed by atoms with Crippen LogP contribution >= 0.6 is 0 Å². The number of hydrogen-bond acceptors (Lipinski definition) is 0. The van der Waals surface area contributed by atoms with E-state index in [1.165, 1.54) is 33.6 Å². The van der Waals surface area contributed by atoms with Gasteiger partial charge in [-0.25, -0.2) is 0 Å². The van der Waals surface area contributed by atoms with Crippen molar-refractivity contribution < 1.29 is 36.3 Å². The van der Waals surface area contributed by atoms with E-state index in [4.69, 9.17) is 0 Å². The van der Waals surface area contributed by atoms with Crippen molar-refractivity contribution in [2.45, 2.75) is 79.1 Å². The highest BCUT2D eigenvalue weighted by molar-refractivity contribution is 5.50. The molecule has 0 spiro atoms. The molecule has 0 aliphatic heterocycles. The highest BCUT2D eigenvalue weighted by Gasteiger charge is 2.14. The molecule has 0 radical (unpaired) electrons. The first-order valence-electron chi connectivity index (χ1n) is 9.97. The fraction of sp³-hybridized carbons (Fsp3) is 0.500. The van der Waals surface area contributed by atoms with E-state index in [0.717, 1.165) is 0 Å². The van der Waals surface area contributed by atoms with E-state index in [-0.39, 0.29) is 24.8 Å². The largest absolute Gasteiger partial charge is 1.00 e. The molecule has 0 unspecified atom stereocenters. The van der Waals surface area contributed by atoms with E-state index < -0.39 is 0 Å². The van der Waals surface area contributed by atoms with E-state index in [9.17, 15) is 0 Å². The molecule has 0 aliphatic rings. The summed E-state index contributed by atoms with van der Waals surface area (Å²) in [6.07, 6.45) is 0. The molecular formula is C24H40Cl2N2. The van der Waals surface area contributed by atoms with Crippen LogP contribution in [0.4, 0.5) is 11.4 Å². The Morgan fingerprint density at radius 1 is 0.464 bits per heavy atom. The van der Waals surface area contributed by atoms with Crippen LogP contribution in [0.1, 0.15) is 101 Å². The van der Waals surface area contributed by atoms with Crippen LogP contribution in [0.15, 0.2) is 36.4 Å². The molecule has 6 N–H and O–H groups in total. The minimum Gasteiger partial charge on any atom is -1.00 e. The van der Waals surface area contributed by atoms with Crippen molar-refractivity contribution >= 4 is 11.4 Å². The summed E-state index contributed by atoms with van der Waals surface area (Å²) in [4.78, 5) is 0. The van der Waals surface area contributed by atoms with Gasteiger partial charge in [0.2, 0.25) is 0 Å². The first-order valence-corrected chi connectivity index (χ1v) is 9.97. The van der Waals surface area contributed by atoms with Crippen LogP contribution in [0, 0.1) is 0 Å². The lowest BCUT2D eigenvalue weighted by Gasteiger charge is -2.12. The molecule has 0 amide bonds. The molecule has 2 rings (SSSR count). The summed E-state index contributed by atoms with van der Waals surface area (Å²) in [7, 11) is 0. The van der Waals surface area contributed by atoms with Crippen LogP contribution in [-0.4, -0.2) is 0 Å². The Bertz CT molecular complexity index is 594. The number of benzene rings is 2. The molecule has 2 aromatic carbocycles. The van der Waals surface area contributed by atoms with Gasteiger partial charge in [-0.15, -0.1) is 0 Å². The van der Waals surface area contributed by atoms with Crippen LogP contribution in [0.25, 0.3) is 0 Å². The van der Waals surface area contributed by atoms with Crippen molar-refractivity contribution in [2.75, 3.05) is 0 Å². The maximum atomic E-state index is 4.16. The topological polar surface area (TPSA) is 55.3 Å². The molecule has 0 heterocycles. The van der Waals surface area contributed by atoms with Gasteiger partial charge in [0.25, 0.3) is 0 Å². The summed E-state index contributed by atoms with van der Waals surface area (Å²) in [6.45, 7) is 17.7. The minimum atomic E-state index is 0. The van der Waals surface area contributed by atoms with Gasteiger partial charge in [0.05, 0.1) is 0 Å². The maximum Gasteiger partial charge on any atom is 0.134 e. The van der Waals surface area contributed by atoms with E-state index in [1.807, 2.05) is 0 Å². The number of rotatable bonds is 4. The summed E-state index contributed by atoms with van der Waals surface area (Å²) in [6, 6.07) is 13.0. The molecule has 2 aromatic rings. The van der Waals surface area contributed by atoms with Crippen LogP contribution < -0.4 is 36.3 Å². The maximum absolute atomic E-state index is 4.16. The van der Waals surface area contributed by atoms with Gasteiger partial charge in [-0.3, -0.25) is 0 Å². The molecule has 28 heavy (non-hydrogen) atoms. The highest BCUT2D eigenvalue weighted by Crippen LogP contribution is 2.29. The van der Waals surface area contributed by atoms with E-state index in [1.54, 1.807) is 0 Å². The number of hydrogen-bond donors (Lipinski definition) is 2. The Hall–Kier alpha value is -1.06. The molecule has 160 valence electrons. The molecule has 0 bridgehead atoms. The average Bonchev–Trinajstić information content (AvgIpc) is 2.54. The first-order chi connectivity index (χ1) is 12.1. The van der Waals surface area contributed by atoms with Crippen molar-refractivity contribution in [3.05, 3.63) is 58.7 Å². The molecule has 0 fully saturated rings. The fourth-order valence-corrected chi connectivity index (χ4v) is 3.41. The zero-order chi connectivity index (χ0) is 20.0. The van der Waals surface area contributed by atoms with Crippen LogP contribution in [0.2, 0.25) is 0 Å². The summed E-state index contributed by atoms with van der Waals surface area (Å²) in [5.74, 6) is 2.30. The van der Waals surface area contributed by atoms with Gasteiger partial charge in [-0.05, 0) is 23.7 Å². The lowest BCUT2D eigenvalue weighted by Crippen LogP contribution is -3.00. The van der Waals surface area contributed by atoms with Gasteiger partial charge in [0.15, 0.2) is 0 Å². The minimum absolute atomic E-state index is 0. The summed E-state index contributed by atoms with van der Waals surface area (Å²) in [5.41, 5.74) is 16.3. The lowest BCUT2D eigenvalue weighted by molar-refractivity contribution is -0.257. The van der Waals surface area contributed by atoms with Gasteiger partial charge in [0, 0.05) is 22.3 Å². The lowest BCUT2D eigenvalue weighted by atomic mass is 9.93. The standard InChI is InChI=1S/2C12H19N.2ClH/c2*1-8(2)10-6-5-7-11(9(3)4)12(10)13;;/h2*5-9H,13H2,1-4H3;2*1H. The van der Waals surface area contributed by atoms with Crippen molar-refractivity contribution in [1.29, 1.82) is 0 Å². The monoisotopic (exact) mass is 426 g/mol. The zero-order valence-electron chi connectivity index (χ0n) is 18.9. The molecule has 2 nitrogen and oxygen atoms in total. The second kappa shape index (κ2) is 13.2. The number of halogens is 2. The molecule has 0 saturated carbocycles. The molecule has 0 aromatic heterocycles. The predicted octanol–water partition coefficient (Wildman–Crippen LogP) is -0.378. The zero-order valence-corrected chi connectivity index (χ0v) is 20.5. The Labute approximate surface area is 185 Å². The van der Waals surface area contributed by atoms with Crippen LogP contribution in [0.3, 0.4) is 0 Å². The molecule has 0 aliphatic carbocycles. The Balaban J connectivity index is 0. The third-order valence-corrected chi connectivity index (χ3v) is 4.99. The Morgan fingerprint density at radius 2 is 0.643 bits per heavy atom. The van der Waals surface area contributed by atoms with Gasteiger partial charge in [-0.1, -0.05) is 91.8 Å². The molecule has 0 saturated heterocycles. The molecule has 4 heteroatoms. The Kier molecular flexibility index (Phi) is 13.8. The van der Waals surface area contributed by atoms with Crippen molar-refractivity contribution in [1.82, 2.24) is 0 Å². The first kappa shape index (κ1) is 29.1. The van der Waals surface area contributed by atoms with Gasteiger partial charge in [-0.2, -0.15) is 0 Å². The van der Waals surface area contributed by atoms with Crippen molar-refractivity contribution in [3.8, 4) is 0 Å². The van der Waals surface area contributed by atoms with Crippen LogP contribution in [-0.2, 0) is 0 Å².